The van der Waals surface area contributed by atoms with Crippen LogP contribution in [-0.4, -0.2) is 63.4 Å². The molecule has 0 aliphatic carbocycles. The number of nitrogens with one attached hydrogen (secondary N) is 1. The van der Waals surface area contributed by atoms with E-state index in [1.54, 1.807) is 7.11 Å². The molecule has 0 atom stereocenters. The molecule has 2 aromatic carbocycles. The molecule has 0 spiro atoms. The Balaban J connectivity index is 1.73. The normalized spacial score (nSPS) is 16.2. The fourth-order valence-corrected chi connectivity index (χ4v) is 5.61. The van der Waals surface area contributed by atoms with Crippen molar-refractivity contribution < 1.29 is 32.6 Å². The van der Waals surface area contributed by atoms with Crippen LogP contribution in [0.3, 0.4) is 0 Å². The molecule has 0 unspecified atom stereocenters. The van der Waals surface area contributed by atoms with Gasteiger partial charge in [-0.1, -0.05) is 12.1 Å². The second-order valence-electron chi connectivity index (χ2n) is 7.53. The summed E-state index contributed by atoms with van der Waals surface area (Å²) in [4.78, 5) is 12.2. The first-order valence-corrected chi connectivity index (χ1v) is 11.7. The van der Waals surface area contributed by atoms with Gasteiger partial charge in [-0.3, -0.25) is 5.21 Å². The van der Waals surface area contributed by atoms with Gasteiger partial charge < -0.3 is 19.1 Å². The highest BCUT2D eigenvalue weighted by atomic mass is 32.2. The summed E-state index contributed by atoms with van der Waals surface area (Å²) in [6, 6.07) is 13.7. The van der Waals surface area contributed by atoms with E-state index in [0.717, 1.165) is 24.3 Å². The van der Waals surface area contributed by atoms with Crippen molar-refractivity contribution in [3.63, 3.8) is 0 Å². The fraction of sp³-hybridized carbons (Fsp3) is 0.409. The Morgan fingerprint density at radius 2 is 1.53 bits per heavy atom. The van der Waals surface area contributed by atoms with Crippen LogP contribution in [0.4, 0.5) is 4.79 Å². The number of ether oxygens (including phenoxy) is 3. The number of carbonyl (C=O) groups excluding carboxylic acids is 1. The molecule has 1 aliphatic rings. The van der Waals surface area contributed by atoms with E-state index in [2.05, 4.69) is 4.90 Å². The number of methoxy groups -OCH3 is 2. The molecule has 0 bridgehead atoms. The van der Waals surface area contributed by atoms with Crippen LogP contribution in [0.1, 0.15) is 18.4 Å². The highest BCUT2D eigenvalue weighted by Crippen LogP contribution is 2.37. The summed E-state index contributed by atoms with van der Waals surface area (Å²) in [6.07, 6.45) is -0.247. The zero-order valence-corrected chi connectivity index (χ0v) is 18.9. The molecule has 1 saturated heterocycles. The number of carbonyl (C=O) groups is 1. The second-order valence-corrected chi connectivity index (χ2v) is 9.75. The molecular formula is C22H28N2O7S. The SMILES string of the molecule is COc1ccc(CCN2CCC(OC(=O)NO)(S(=O)(=O)c3ccc(OC)cc3)CC2)cc1. The van der Waals surface area contributed by atoms with Crippen molar-refractivity contribution >= 4 is 15.9 Å². The first-order chi connectivity index (χ1) is 15.3. The third kappa shape index (κ3) is 5.14. The first-order valence-electron chi connectivity index (χ1n) is 10.2. The topological polar surface area (TPSA) is 114 Å². The quantitative estimate of drug-likeness (QED) is 0.453. The Labute approximate surface area is 187 Å². The molecule has 3 rings (SSSR count). The molecule has 1 amide bonds. The average molecular weight is 465 g/mol. The van der Waals surface area contributed by atoms with Gasteiger partial charge >= 0.3 is 6.09 Å². The lowest BCUT2D eigenvalue weighted by Gasteiger charge is -2.40. The summed E-state index contributed by atoms with van der Waals surface area (Å²) >= 11 is 0. The van der Waals surface area contributed by atoms with Crippen molar-refractivity contribution in [2.24, 2.45) is 0 Å². The van der Waals surface area contributed by atoms with Crippen LogP contribution in [0.2, 0.25) is 0 Å². The van der Waals surface area contributed by atoms with Gasteiger partial charge in [0.1, 0.15) is 11.5 Å². The number of hydrogen-bond acceptors (Lipinski definition) is 8. The third-order valence-electron chi connectivity index (χ3n) is 5.72. The summed E-state index contributed by atoms with van der Waals surface area (Å²) in [5.41, 5.74) is 2.52. The minimum absolute atomic E-state index is 0.0238. The molecule has 32 heavy (non-hydrogen) atoms. The molecule has 9 nitrogen and oxygen atoms in total. The van der Waals surface area contributed by atoms with Crippen molar-refractivity contribution in [3.05, 3.63) is 54.1 Å². The molecule has 2 N–H and O–H groups in total. The van der Waals surface area contributed by atoms with E-state index in [-0.39, 0.29) is 17.7 Å². The molecule has 1 fully saturated rings. The van der Waals surface area contributed by atoms with Crippen molar-refractivity contribution in [1.29, 1.82) is 0 Å². The van der Waals surface area contributed by atoms with Crippen LogP contribution >= 0.6 is 0 Å². The summed E-state index contributed by atoms with van der Waals surface area (Å²) in [6.45, 7) is 1.58. The van der Waals surface area contributed by atoms with Gasteiger partial charge in [0.2, 0.25) is 14.8 Å². The molecule has 1 heterocycles. The molecule has 0 saturated carbocycles. The monoisotopic (exact) mass is 464 g/mol. The average Bonchev–Trinajstić information content (AvgIpc) is 2.83. The maximum absolute atomic E-state index is 13.4. The third-order valence-corrected chi connectivity index (χ3v) is 8.09. The minimum Gasteiger partial charge on any atom is -0.497 e. The lowest BCUT2D eigenvalue weighted by atomic mass is 10.1. The highest BCUT2D eigenvalue weighted by Gasteiger charge is 2.50. The smallest absolute Gasteiger partial charge is 0.432 e. The zero-order valence-electron chi connectivity index (χ0n) is 18.1. The van der Waals surface area contributed by atoms with Crippen LogP contribution < -0.4 is 15.0 Å². The van der Waals surface area contributed by atoms with Crippen LogP contribution in [0.5, 0.6) is 11.5 Å². The number of rotatable bonds is 8. The van der Waals surface area contributed by atoms with Crippen LogP contribution in [-0.2, 0) is 21.0 Å². The predicted octanol–water partition coefficient (Wildman–Crippen LogP) is 2.63. The van der Waals surface area contributed by atoms with Crippen molar-refractivity contribution in [1.82, 2.24) is 10.4 Å². The van der Waals surface area contributed by atoms with Gasteiger partial charge in [-0.2, -0.15) is 0 Å². The maximum atomic E-state index is 13.4. The van der Waals surface area contributed by atoms with E-state index in [1.165, 1.54) is 36.9 Å². The lowest BCUT2D eigenvalue weighted by molar-refractivity contribution is 0.00186. The molecule has 0 radical (unpaired) electrons. The van der Waals surface area contributed by atoms with Crippen molar-refractivity contribution in [2.75, 3.05) is 33.9 Å². The number of nitrogens with zero attached hydrogens (tertiary/aromatic N) is 1. The van der Waals surface area contributed by atoms with E-state index in [4.69, 9.17) is 19.4 Å². The standard InChI is InChI=1S/C22H28N2O7S/c1-29-18-5-3-17(4-6-18)11-14-24-15-12-22(13-16-24,31-21(25)23-26)32(27,28)20-9-7-19(30-2)8-10-20/h3-10,26H,11-16H2,1-2H3,(H,23,25). The fourth-order valence-electron chi connectivity index (χ4n) is 3.78. The number of sulfone groups is 1. The van der Waals surface area contributed by atoms with Gasteiger partial charge in [0.05, 0.1) is 19.1 Å². The number of piperidine rings is 1. The molecule has 10 heteroatoms. The van der Waals surface area contributed by atoms with E-state index in [1.807, 2.05) is 24.3 Å². The number of benzene rings is 2. The van der Waals surface area contributed by atoms with Gasteiger partial charge in [-0.05, 0) is 48.4 Å². The van der Waals surface area contributed by atoms with Gasteiger partial charge in [-0.15, -0.1) is 0 Å². The van der Waals surface area contributed by atoms with Gasteiger partial charge in [0.25, 0.3) is 0 Å². The molecule has 2 aromatic rings. The number of amides is 1. The second kappa shape index (κ2) is 10.2. The largest absolute Gasteiger partial charge is 0.497 e. The van der Waals surface area contributed by atoms with E-state index < -0.39 is 20.9 Å². The molecule has 174 valence electrons. The number of hydroxylamine groups is 1. The summed E-state index contributed by atoms with van der Waals surface area (Å²) in [5.74, 6) is 1.31. The summed E-state index contributed by atoms with van der Waals surface area (Å²) < 4.78 is 42.4. The highest BCUT2D eigenvalue weighted by molar-refractivity contribution is 7.92. The summed E-state index contributed by atoms with van der Waals surface area (Å²) in [7, 11) is -0.936. The van der Waals surface area contributed by atoms with Crippen LogP contribution in [0.25, 0.3) is 0 Å². The number of hydrogen-bond donors (Lipinski definition) is 2. The lowest BCUT2D eigenvalue weighted by Crippen LogP contribution is -2.53. The Hall–Kier alpha value is -2.82. The Morgan fingerprint density at radius 3 is 2.03 bits per heavy atom. The van der Waals surface area contributed by atoms with E-state index in [0.29, 0.717) is 18.8 Å². The predicted molar refractivity (Wildman–Crippen MR) is 117 cm³/mol. The number of likely N-dealkylation sites (tertiary alicyclic amines) is 1. The van der Waals surface area contributed by atoms with Crippen molar-refractivity contribution in [3.8, 4) is 11.5 Å². The Morgan fingerprint density at radius 1 is 1.00 bits per heavy atom. The first kappa shape index (κ1) is 23.8. The van der Waals surface area contributed by atoms with Crippen molar-refractivity contribution in [2.45, 2.75) is 29.1 Å². The molecule has 1 aliphatic heterocycles. The maximum Gasteiger partial charge on any atom is 0.432 e. The molecule has 0 aromatic heterocycles. The Bertz CT molecular complexity index is 1000. The van der Waals surface area contributed by atoms with Crippen LogP contribution in [0.15, 0.2) is 53.4 Å². The van der Waals surface area contributed by atoms with Crippen LogP contribution in [0, 0.1) is 0 Å². The van der Waals surface area contributed by atoms with Gasteiger partial charge in [-0.25, -0.2) is 18.7 Å². The summed E-state index contributed by atoms with van der Waals surface area (Å²) in [5, 5.41) is 8.93. The van der Waals surface area contributed by atoms with Gasteiger partial charge in [0.15, 0.2) is 0 Å². The van der Waals surface area contributed by atoms with E-state index in [9.17, 15) is 13.2 Å². The Kier molecular flexibility index (Phi) is 7.60. The van der Waals surface area contributed by atoms with E-state index >= 15 is 0 Å². The minimum atomic E-state index is -4.04. The zero-order chi connectivity index (χ0) is 23.2. The van der Waals surface area contributed by atoms with Gasteiger partial charge in [0, 0.05) is 32.5 Å². The molecular weight excluding hydrogens is 436 g/mol.